The first-order valence-corrected chi connectivity index (χ1v) is 11.2. The van der Waals surface area contributed by atoms with Gasteiger partial charge in [-0.3, -0.25) is 4.90 Å². The van der Waals surface area contributed by atoms with Crippen molar-refractivity contribution in [1.29, 1.82) is 0 Å². The third-order valence-electron chi connectivity index (χ3n) is 7.01. The molecule has 1 atom stereocenters. The number of hydrogen-bond donors (Lipinski definition) is 0. The number of hydrogen-bond acceptors (Lipinski definition) is 6. The molecule has 0 unspecified atom stereocenters. The Morgan fingerprint density at radius 1 is 1.32 bits per heavy atom. The van der Waals surface area contributed by atoms with Gasteiger partial charge < -0.3 is 19.0 Å². The van der Waals surface area contributed by atoms with Gasteiger partial charge in [-0.1, -0.05) is 0 Å². The zero-order valence-electron chi connectivity index (χ0n) is 17.9. The van der Waals surface area contributed by atoms with Gasteiger partial charge >= 0.3 is 6.09 Å². The zero-order valence-corrected chi connectivity index (χ0v) is 17.9. The van der Waals surface area contributed by atoms with Gasteiger partial charge in [0.25, 0.3) is 0 Å². The molecule has 1 amide bonds. The van der Waals surface area contributed by atoms with Crippen molar-refractivity contribution >= 4 is 11.9 Å². The molecule has 8 heteroatoms. The first kappa shape index (κ1) is 20.3. The summed E-state index contributed by atoms with van der Waals surface area (Å²) < 4.78 is 24.5. The van der Waals surface area contributed by atoms with Crippen LogP contribution in [-0.4, -0.2) is 72.8 Å². The maximum Gasteiger partial charge on any atom is 0.409 e. The Balaban J connectivity index is 1.19. The van der Waals surface area contributed by atoms with Crippen LogP contribution in [0.1, 0.15) is 26.2 Å². The predicted octanol–water partition coefficient (Wildman–Crippen LogP) is 3.61. The molecule has 0 aromatic carbocycles. The maximum absolute atomic E-state index is 13.8. The molecule has 0 radical (unpaired) electrons. The SMILES string of the molecule is CCOC(=O)N1CC2(CC[C@@H](N3CCN(c4ncc(F)cc4-c4ccco4)CC3)C2)C1. The number of nitrogens with zero attached hydrogens (tertiary/aromatic N) is 4. The van der Waals surface area contributed by atoms with E-state index < -0.39 is 0 Å². The molecule has 3 fully saturated rings. The fourth-order valence-corrected chi connectivity index (χ4v) is 5.48. The second-order valence-corrected chi connectivity index (χ2v) is 8.98. The molecule has 1 spiro atoms. The first-order valence-electron chi connectivity index (χ1n) is 11.2. The number of furan rings is 1. The number of rotatable bonds is 4. The number of aromatic nitrogens is 1. The highest BCUT2D eigenvalue weighted by atomic mass is 19.1. The molecule has 0 bridgehead atoms. The van der Waals surface area contributed by atoms with Gasteiger partial charge in [0, 0.05) is 50.7 Å². The van der Waals surface area contributed by atoms with Crippen LogP contribution >= 0.6 is 0 Å². The van der Waals surface area contributed by atoms with Gasteiger partial charge in [-0.25, -0.2) is 14.2 Å². The molecule has 2 aromatic rings. The second kappa shape index (κ2) is 8.15. The number of anilines is 1. The standard InChI is InChI=1S/C23H29FN4O3/c1-2-30-22(29)28-15-23(16-28)6-5-18(13-23)26-7-9-27(10-8-26)21-19(12-17(24)14-25-21)20-4-3-11-31-20/h3-4,11-12,14,18H,2,5-10,13,15-16H2,1H3/t18-/m1/s1. The summed E-state index contributed by atoms with van der Waals surface area (Å²) >= 11 is 0. The van der Waals surface area contributed by atoms with E-state index in [-0.39, 0.29) is 17.3 Å². The molecule has 2 saturated heterocycles. The van der Waals surface area contributed by atoms with Crippen LogP contribution in [0.4, 0.5) is 15.0 Å². The molecule has 4 heterocycles. The van der Waals surface area contributed by atoms with Gasteiger partial charge in [0.05, 0.1) is 24.6 Å². The fraction of sp³-hybridized carbons (Fsp3) is 0.565. The maximum atomic E-state index is 13.8. The fourth-order valence-electron chi connectivity index (χ4n) is 5.48. The van der Waals surface area contributed by atoms with Gasteiger partial charge in [0.15, 0.2) is 0 Å². The third-order valence-corrected chi connectivity index (χ3v) is 7.01. The summed E-state index contributed by atoms with van der Waals surface area (Å²) in [5.74, 6) is 1.06. The van der Waals surface area contributed by atoms with Gasteiger partial charge in [0.2, 0.25) is 0 Å². The number of pyridine rings is 1. The Kier molecular flexibility index (Phi) is 5.33. The van der Waals surface area contributed by atoms with E-state index in [1.807, 2.05) is 17.9 Å². The van der Waals surface area contributed by atoms with Crippen LogP contribution in [0.25, 0.3) is 11.3 Å². The molecule has 1 aliphatic carbocycles. The number of carbonyl (C=O) groups excluding carboxylic acids is 1. The van der Waals surface area contributed by atoms with E-state index in [1.165, 1.54) is 25.1 Å². The summed E-state index contributed by atoms with van der Waals surface area (Å²) in [6, 6.07) is 5.71. The highest BCUT2D eigenvalue weighted by Crippen LogP contribution is 2.47. The van der Waals surface area contributed by atoms with Crippen LogP contribution in [0.15, 0.2) is 35.1 Å². The van der Waals surface area contributed by atoms with Crippen molar-refractivity contribution in [1.82, 2.24) is 14.8 Å². The molecule has 1 saturated carbocycles. The van der Waals surface area contributed by atoms with E-state index in [2.05, 4.69) is 14.8 Å². The normalized spacial score (nSPS) is 23.2. The number of amides is 1. The van der Waals surface area contributed by atoms with E-state index in [0.29, 0.717) is 24.0 Å². The highest BCUT2D eigenvalue weighted by Gasteiger charge is 2.51. The lowest BCUT2D eigenvalue weighted by molar-refractivity contribution is -0.00294. The lowest BCUT2D eigenvalue weighted by Crippen LogP contribution is -2.58. The average molecular weight is 429 g/mol. The van der Waals surface area contributed by atoms with Gasteiger partial charge in [-0.05, 0) is 44.4 Å². The van der Waals surface area contributed by atoms with Gasteiger partial charge in [-0.15, -0.1) is 0 Å². The summed E-state index contributed by atoms with van der Waals surface area (Å²) in [4.78, 5) is 22.9. The Bertz CT molecular complexity index is 921. The molecule has 2 aromatic heterocycles. The molecule has 3 aliphatic rings. The molecule has 7 nitrogen and oxygen atoms in total. The van der Waals surface area contributed by atoms with Crippen molar-refractivity contribution in [3.05, 3.63) is 36.5 Å². The summed E-state index contributed by atoms with van der Waals surface area (Å²) in [5, 5.41) is 0. The number of halogens is 1. The van der Waals surface area contributed by atoms with E-state index in [0.717, 1.165) is 51.5 Å². The van der Waals surface area contributed by atoms with E-state index in [4.69, 9.17) is 9.15 Å². The minimum Gasteiger partial charge on any atom is -0.464 e. The molecule has 5 rings (SSSR count). The van der Waals surface area contributed by atoms with Crippen LogP contribution < -0.4 is 4.90 Å². The Morgan fingerprint density at radius 2 is 2.13 bits per heavy atom. The van der Waals surface area contributed by atoms with Crippen LogP contribution in [0.2, 0.25) is 0 Å². The topological polar surface area (TPSA) is 62.1 Å². The van der Waals surface area contributed by atoms with Crippen LogP contribution in [-0.2, 0) is 4.74 Å². The van der Waals surface area contributed by atoms with Crippen LogP contribution in [0, 0.1) is 11.2 Å². The Labute approximate surface area is 181 Å². The van der Waals surface area contributed by atoms with Crippen molar-refractivity contribution in [2.45, 2.75) is 32.2 Å². The van der Waals surface area contributed by atoms with E-state index in [9.17, 15) is 9.18 Å². The third kappa shape index (κ3) is 3.89. The van der Waals surface area contributed by atoms with Gasteiger partial charge in [-0.2, -0.15) is 0 Å². The minimum absolute atomic E-state index is 0.177. The summed E-state index contributed by atoms with van der Waals surface area (Å²) in [6.07, 6.45) is 6.21. The van der Waals surface area contributed by atoms with E-state index in [1.54, 1.807) is 12.3 Å². The molecule has 2 aliphatic heterocycles. The lowest BCUT2D eigenvalue weighted by Gasteiger charge is -2.48. The first-order chi connectivity index (χ1) is 15.1. The second-order valence-electron chi connectivity index (χ2n) is 8.98. The number of carbonyl (C=O) groups is 1. The van der Waals surface area contributed by atoms with Crippen molar-refractivity contribution in [2.24, 2.45) is 5.41 Å². The smallest absolute Gasteiger partial charge is 0.409 e. The Hall–Kier alpha value is -2.61. The molecule has 0 N–H and O–H groups in total. The summed E-state index contributed by atoms with van der Waals surface area (Å²) in [6.45, 7) is 7.55. The average Bonchev–Trinajstić information content (AvgIpc) is 3.43. The number of likely N-dealkylation sites (tertiary alicyclic amines) is 1. The minimum atomic E-state index is -0.359. The molecule has 166 valence electrons. The number of ether oxygens (including phenoxy) is 1. The predicted molar refractivity (Wildman–Crippen MR) is 114 cm³/mol. The van der Waals surface area contributed by atoms with Crippen molar-refractivity contribution < 1.29 is 18.3 Å². The van der Waals surface area contributed by atoms with Crippen LogP contribution in [0.3, 0.4) is 0 Å². The van der Waals surface area contributed by atoms with Gasteiger partial charge in [0.1, 0.15) is 17.4 Å². The molecule has 31 heavy (non-hydrogen) atoms. The quantitative estimate of drug-likeness (QED) is 0.741. The molecular weight excluding hydrogens is 399 g/mol. The van der Waals surface area contributed by atoms with Crippen molar-refractivity contribution in [3.8, 4) is 11.3 Å². The lowest BCUT2D eigenvalue weighted by atomic mass is 9.78. The largest absolute Gasteiger partial charge is 0.464 e. The summed E-state index contributed by atoms with van der Waals surface area (Å²) in [7, 11) is 0. The monoisotopic (exact) mass is 428 g/mol. The van der Waals surface area contributed by atoms with Crippen molar-refractivity contribution in [3.63, 3.8) is 0 Å². The van der Waals surface area contributed by atoms with Crippen molar-refractivity contribution in [2.75, 3.05) is 50.8 Å². The highest BCUT2D eigenvalue weighted by molar-refractivity contribution is 5.72. The zero-order chi connectivity index (χ0) is 21.4. The van der Waals surface area contributed by atoms with E-state index >= 15 is 0 Å². The number of piperazine rings is 1. The Morgan fingerprint density at radius 3 is 2.84 bits per heavy atom. The summed E-state index contributed by atoms with van der Waals surface area (Å²) in [5.41, 5.74) is 0.978. The van der Waals surface area contributed by atoms with Crippen LogP contribution in [0.5, 0.6) is 0 Å². The molecular formula is C23H29FN4O3.